The summed E-state index contributed by atoms with van der Waals surface area (Å²) in [5.74, 6) is -1.96. The van der Waals surface area contributed by atoms with E-state index in [0.717, 1.165) is 5.56 Å². The van der Waals surface area contributed by atoms with E-state index in [0.29, 0.717) is 26.1 Å². The molecular weight excluding hydrogens is 361 g/mol. The Hall–Kier alpha value is -3.24. The Kier molecular flexibility index (Phi) is 6.02. The van der Waals surface area contributed by atoms with Crippen molar-refractivity contribution in [3.63, 3.8) is 0 Å². The molecule has 2 amide bonds. The lowest BCUT2D eigenvalue weighted by Gasteiger charge is -2.37. The summed E-state index contributed by atoms with van der Waals surface area (Å²) in [6.07, 6.45) is 1.30. The molecule has 1 fully saturated rings. The Morgan fingerprint density at radius 3 is 2.43 bits per heavy atom. The van der Waals surface area contributed by atoms with Crippen LogP contribution in [0.15, 0.2) is 48.5 Å². The van der Waals surface area contributed by atoms with E-state index in [4.69, 9.17) is 10.00 Å². The summed E-state index contributed by atoms with van der Waals surface area (Å²) in [4.78, 5) is 24.6. The molecule has 0 aliphatic carbocycles. The molecule has 0 radical (unpaired) electrons. The normalized spacial score (nSPS) is 15.3. The smallest absolute Gasteiger partial charge is 0.313 e. The lowest BCUT2D eigenvalue weighted by molar-refractivity contribution is -0.136. The van der Waals surface area contributed by atoms with Crippen molar-refractivity contribution < 1.29 is 18.7 Å². The lowest BCUT2D eigenvalue weighted by atomic mass is 9.74. The van der Waals surface area contributed by atoms with Gasteiger partial charge in [-0.25, -0.2) is 4.39 Å². The first-order valence-corrected chi connectivity index (χ1v) is 8.96. The van der Waals surface area contributed by atoms with Crippen molar-refractivity contribution in [3.8, 4) is 6.07 Å². The molecule has 2 aromatic carbocycles. The zero-order valence-corrected chi connectivity index (χ0v) is 15.2. The maximum absolute atomic E-state index is 13.3. The molecule has 28 heavy (non-hydrogen) atoms. The number of nitrogens with one attached hydrogen (secondary N) is 2. The van der Waals surface area contributed by atoms with Crippen molar-refractivity contribution in [2.45, 2.75) is 18.3 Å². The fourth-order valence-corrected chi connectivity index (χ4v) is 3.33. The topological polar surface area (TPSA) is 91.2 Å². The molecule has 0 aromatic heterocycles. The molecule has 1 aliphatic heterocycles. The maximum Gasteiger partial charge on any atom is 0.313 e. The molecule has 3 rings (SSSR count). The van der Waals surface area contributed by atoms with Crippen molar-refractivity contribution >= 4 is 17.5 Å². The first-order chi connectivity index (χ1) is 13.5. The molecule has 0 bridgehead atoms. The number of anilines is 1. The minimum atomic E-state index is -0.844. The van der Waals surface area contributed by atoms with E-state index in [-0.39, 0.29) is 23.6 Å². The number of amides is 2. The van der Waals surface area contributed by atoms with Gasteiger partial charge in [-0.3, -0.25) is 9.59 Å². The summed E-state index contributed by atoms with van der Waals surface area (Å²) < 4.78 is 18.7. The summed E-state index contributed by atoms with van der Waals surface area (Å²) in [5, 5.41) is 14.2. The monoisotopic (exact) mass is 381 g/mol. The van der Waals surface area contributed by atoms with Crippen LogP contribution in [0.5, 0.6) is 0 Å². The Morgan fingerprint density at radius 1 is 1.07 bits per heavy atom. The van der Waals surface area contributed by atoms with Gasteiger partial charge in [0.15, 0.2) is 0 Å². The molecule has 6 nitrogen and oxygen atoms in total. The van der Waals surface area contributed by atoms with Gasteiger partial charge in [-0.15, -0.1) is 0 Å². The molecule has 0 spiro atoms. The van der Waals surface area contributed by atoms with Crippen LogP contribution in [0.2, 0.25) is 0 Å². The highest BCUT2D eigenvalue weighted by Gasteiger charge is 2.35. The maximum atomic E-state index is 13.3. The van der Waals surface area contributed by atoms with E-state index in [9.17, 15) is 14.0 Å². The summed E-state index contributed by atoms with van der Waals surface area (Å²) in [6.45, 7) is 1.28. The highest BCUT2D eigenvalue weighted by Crippen LogP contribution is 2.34. The molecular formula is C21H20FN3O3. The number of carbonyl (C=O) groups excluding carboxylic acids is 2. The fourth-order valence-electron chi connectivity index (χ4n) is 3.33. The number of para-hydroxylation sites is 1. The number of carbonyl (C=O) groups is 2. The van der Waals surface area contributed by atoms with Gasteiger partial charge in [-0.1, -0.05) is 24.3 Å². The number of ether oxygens (including phenoxy) is 1. The number of hydrogen-bond donors (Lipinski definition) is 2. The second-order valence-electron chi connectivity index (χ2n) is 6.69. The SMILES string of the molecule is N#Cc1ccccc1NC(=O)C(=O)NCC1(c2ccc(F)cc2)CCOCC1. The number of nitriles is 1. The molecule has 2 aromatic rings. The second kappa shape index (κ2) is 8.63. The predicted octanol–water partition coefficient (Wildman–Crippen LogP) is 2.50. The van der Waals surface area contributed by atoms with Gasteiger partial charge in [-0.05, 0) is 42.7 Å². The molecule has 0 unspecified atom stereocenters. The van der Waals surface area contributed by atoms with Gasteiger partial charge in [0.05, 0.1) is 11.3 Å². The molecule has 144 valence electrons. The largest absolute Gasteiger partial charge is 0.381 e. The van der Waals surface area contributed by atoms with Gasteiger partial charge in [0.25, 0.3) is 0 Å². The van der Waals surface area contributed by atoms with Gasteiger partial charge in [-0.2, -0.15) is 5.26 Å². The zero-order chi connectivity index (χ0) is 20.0. The summed E-state index contributed by atoms with van der Waals surface area (Å²) in [7, 11) is 0. The van der Waals surface area contributed by atoms with Crippen molar-refractivity contribution in [3.05, 3.63) is 65.5 Å². The van der Waals surface area contributed by atoms with Crippen LogP contribution in [0.25, 0.3) is 0 Å². The molecule has 1 saturated heterocycles. The number of hydrogen-bond acceptors (Lipinski definition) is 4. The zero-order valence-electron chi connectivity index (χ0n) is 15.2. The molecule has 1 heterocycles. The van der Waals surface area contributed by atoms with Crippen LogP contribution in [0.4, 0.5) is 10.1 Å². The average molecular weight is 381 g/mol. The van der Waals surface area contributed by atoms with Gasteiger partial charge >= 0.3 is 11.8 Å². The minimum absolute atomic E-state index is 0.230. The van der Waals surface area contributed by atoms with E-state index in [2.05, 4.69) is 10.6 Å². The number of rotatable bonds is 4. The van der Waals surface area contributed by atoms with Crippen LogP contribution < -0.4 is 10.6 Å². The van der Waals surface area contributed by atoms with Crippen LogP contribution in [0, 0.1) is 17.1 Å². The highest BCUT2D eigenvalue weighted by molar-refractivity contribution is 6.39. The standard InChI is InChI=1S/C21H20FN3O3/c22-17-7-5-16(6-8-17)21(9-11-28-12-10-21)14-24-19(26)20(27)25-18-4-2-1-3-15(18)13-23/h1-8H,9-12,14H2,(H,24,26)(H,25,27). The second-order valence-corrected chi connectivity index (χ2v) is 6.69. The molecule has 1 aliphatic rings. The van der Waals surface area contributed by atoms with Crippen molar-refractivity contribution in [1.82, 2.24) is 5.32 Å². The number of benzene rings is 2. The van der Waals surface area contributed by atoms with Gasteiger partial charge in [0.1, 0.15) is 11.9 Å². The Morgan fingerprint density at radius 2 is 1.75 bits per heavy atom. The fraction of sp³-hybridized carbons (Fsp3) is 0.286. The van der Waals surface area contributed by atoms with Crippen LogP contribution in [0.1, 0.15) is 24.0 Å². The summed E-state index contributed by atoms with van der Waals surface area (Å²) in [5.41, 5.74) is 1.03. The highest BCUT2D eigenvalue weighted by atomic mass is 19.1. The van der Waals surface area contributed by atoms with Crippen LogP contribution >= 0.6 is 0 Å². The van der Waals surface area contributed by atoms with Crippen molar-refractivity contribution in [2.75, 3.05) is 25.1 Å². The number of halogens is 1. The Bertz CT molecular complexity index is 900. The first-order valence-electron chi connectivity index (χ1n) is 8.96. The van der Waals surface area contributed by atoms with Crippen molar-refractivity contribution in [1.29, 1.82) is 5.26 Å². The number of nitrogens with zero attached hydrogens (tertiary/aromatic N) is 1. The third-order valence-electron chi connectivity index (χ3n) is 5.00. The molecule has 2 N–H and O–H groups in total. The third-order valence-corrected chi connectivity index (χ3v) is 5.00. The van der Waals surface area contributed by atoms with Crippen LogP contribution in [-0.4, -0.2) is 31.6 Å². The average Bonchev–Trinajstić information content (AvgIpc) is 2.73. The van der Waals surface area contributed by atoms with E-state index < -0.39 is 17.2 Å². The van der Waals surface area contributed by atoms with E-state index in [1.165, 1.54) is 12.1 Å². The van der Waals surface area contributed by atoms with Gasteiger partial charge in [0, 0.05) is 25.2 Å². The summed E-state index contributed by atoms with van der Waals surface area (Å²) in [6, 6.07) is 14.6. The third kappa shape index (κ3) is 4.35. The quantitative estimate of drug-likeness (QED) is 0.796. The Labute approximate surface area is 162 Å². The minimum Gasteiger partial charge on any atom is -0.381 e. The molecule has 7 heteroatoms. The van der Waals surface area contributed by atoms with E-state index >= 15 is 0 Å². The molecule has 0 atom stereocenters. The van der Waals surface area contributed by atoms with E-state index in [1.54, 1.807) is 36.4 Å². The lowest BCUT2D eigenvalue weighted by Crippen LogP contribution is -2.47. The van der Waals surface area contributed by atoms with E-state index in [1.807, 2.05) is 6.07 Å². The first kappa shape index (κ1) is 19.5. The summed E-state index contributed by atoms with van der Waals surface area (Å²) >= 11 is 0. The van der Waals surface area contributed by atoms with Gasteiger partial charge < -0.3 is 15.4 Å². The molecule has 0 saturated carbocycles. The van der Waals surface area contributed by atoms with Gasteiger partial charge in [0.2, 0.25) is 0 Å². The predicted molar refractivity (Wildman–Crippen MR) is 101 cm³/mol. The van der Waals surface area contributed by atoms with Crippen LogP contribution in [-0.2, 0) is 19.7 Å². The van der Waals surface area contributed by atoms with Crippen LogP contribution in [0.3, 0.4) is 0 Å². The Balaban J connectivity index is 1.69. The van der Waals surface area contributed by atoms with Crippen molar-refractivity contribution in [2.24, 2.45) is 0 Å².